The normalized spacial score (nSPS) is 14.7. The van der Waals surface area contributed by atoms with Crippen molar-refractivity contribution in [3.05, 3.63) is 39.8 Å². The van der Waals surface area contributed by atoms with Crippen molar-refractivity contribution in [2.24, 2.45) is 0 Å². The summed E-state index contributed by atoms with van der Waals surface area (Å²) >= 11 is 3.38. The minimum Gasteiger partial charge on any atom is -0.323 e. The number of allylic oxidation sites excluding steroid dienone is 1. The zero-order valence-corrected chi connectivity index (χ0v) is 17.7. The Labute approximate surface area is 160 Å². The van der Waals surface area contributed by atoms with E-state index in [-0.39, 0.29) is 5.41 Å². The molecule has 1 N–H and O–H groups in total. The fourth-order valence-corrected chi connectivity index (χ4v) is 5.64. The van der Waals surface area contributed by atoms with Crippen molar-refractivity contribution in [2.75, 3.05) is 12.1 Å². The van der Waals surface area contributed by atoms with Crippen LogP contribution in [0, 0.1) is 0 Å². The summed E-state index contributed by atoms with van der Waals surface area (Å²) in [6, 6.07) is 8.42. The van der Waals surface area contributed by atoms with Gasteiger partial charge in [-0.05, 0) is 40.8 Å². The molecule has 0 aliphatic carbocycles. The standard InChI is InChI=1S/C16H22N2O2S4/c1-11-14(22-10-21-11)17-20-15(19)18(5)24-23-13-8-6-12(7-9-13)16(2,3)4/h6-9,17H,10H2,1-5H3. The lowest BCUT2D eigenvalue weighted by Gasteiger charge is -2.19. The first-order valence-electron chi connectivity index (χ1n) is 7.39. The van der Waals surface area contributed by atoms with Crippen LogP contribution in [0.25, 0.3) is 0 Å². The number of amides is 1. The van der Waals surface area contributed by atoms with Crippen LogP contribution in [0.1, 0.15) is 33.3 Å². The van der Waals surface area contributed by atoms with Gasteiger partial charge in [0.25, 0.3) is 0 Å². The second-order valence-corrected chi connectivity index (χ2v) is 11.0. The molecular formula is C16H22N2O2S4. The smallest absolute Gasteiger partial charge is 0.323 e. The predicted molar refractivity (Wildman–Crippen MR) is 109 cm³/mol. The zero-order chi connectivity index (χ0) is 17.7. The van der Waals surface area contributed by atoms with Crippen molar-refractivity contribution in [1.82, 2.24) is 9.79 Å². The summed E-state index contributed by atoms with van der Waals surface area (Å²) in [5.41, 5.74) is 4.18. The van der Waals surface area contributed by atoms with Crippen LogP contribution < -0.4 is 5.48 Å². The zero-order valence-electron chi connectivity index (χ0n) is 14.4. The first kappa shape index (κ1) is 19.8. The van der Waals surface area contributed by atoms with E-state index in [1.54, 1.807) is 30.6 Å². The molecular weight excluding hydrogens is 380 g/mol. The van der Waals surface area contributed by atoms with E-state index in [1.165, 1.54) is 31.6 Å². The fraction of sp³-hybridized carbons (Fsp3) is 0.438. The summed E-state index contributed by atoms with van der Waals surface area (Å²) in [4.78, 5) is 19.4. The second kappa shape index (κ2) is 8.69. The van der Waals surface area contributed by atoms with Gasteiger partial charge in [-0.3, -0.25) is 0 Å². The van der Waals surface area contributed by atoms with Crippen LogP contribution in [-0.2, 0) is 10.3 Å². The molecule has 0 saturated carbocycles. The molecule has 132 valence electrons. The van der Waals surface area contributed by atoms with Crippen LogP contribution in [0.2, 0.25) is 0 Å². The Hall–Kier alpha value is -0.570. The molecule has 2 rings (SSSR count). The molecule has 0 atom stereocenters. The predicted octanol–water partition coefficient (Wildman–Crippen LogP) is 5.84. The average molecular weight is 403 g/mol. The van der Waals surface area contributed by atoms with Crippen LogP contribution in [0.4, 0.5) is 4.79 Å². The van der Waals surface area contributed by atoms with Gasteiger partial charge in [-0.2, -0.15) is 0 Å². The molecule has 1 aliphatic heterocycles. The van der Waals surface area contributed by atoms with E-state index in [0.29, 0.717) is 0 Å². The number of benzene rings is 1. The molecule has 1 aromatic carbocycles. The monoisotopic (exact) mass is 402 g/mol. The molecule has 0 bridgehead atoms. The van der Waals surface area contributed by atoms with Crippen molar-refractivity contribution in [3.8, 4) is 0 Å². The summed E-state index contributed by atoms with van der Waals surface area (Å²) in [5, 5.41) is 1.87. The number of carbonyl (C=O) groups is 1. The highest BCUT2D eigenvalue weighted by molar-refractivity contribution is 8.75. The Morgan fingerprint density at radius 3 is 2.46 bits per heavy atom. The Morgan fingerprint density at radius 2 is 1.92 bits per heavy atom. The first-order valence-corrected chi connectivity index (χ1v) is 11.5. The van der Waals surface area contributed by atoms with Crippen LogP contribution in [-0.4, -0.2) is 22.5 Å². The average Bonchev–Trinajstić information content (AvgIpc) is 2.95. The molecule has 1 aliphatic rings. The summed E-state index contributed by atoms with van der Waals surface area (Å²) in [7, 11) is 4.57. The Bertz CT molecular complexity index is 611. The first-order chi connectivity index (χ1) is 11.3. The molecule has 1 heterocycles. The number of nitrogens with one attached hydrogen (secondary N) is 1. The van der Waals surface area contributed by atoms with Gasteiger partial charge in [0.05, 0.1) is 0 Å². The van der Waals surface area contributed by atoms with Crippen molar-refractivity contribution < 1.29 is 9.63 Å². The Balaban J connectivity index is 1.78. The van der Waals surface area contributed by atoms with Gasteiger partial charge in [0.1, 0.15) is 5.03 Å². The number of carbonyl (C=O) groups excluding carboxylic acids is 1. The molecule has 0 unspecified atom stereocenters. The van der Waals surface area contributed by atoms with E-state index >= 15 is 0 Å². The molecule has 1 aromatic rings. The summed E-state index contributed by atoms with van der Waals surface area (Å²) in [6.07, 6.45) is -0.420. The molecule has 0 saturated heterocycles. The number of nitrogens with zero attached hydrogens (tertiary/aromatic N) is 1. The van der Waals surface area contributed by atoms with E-state index in [0.717, 1.165) is 19.9 Å². The van der Waals surface area contributed by atoms with E-state index in [2.05, 4.69) is 50.5 Å². The summed E-state index contributed by atoms with van der Waals surface area (Å²) in [6.45, 7) is 8.59. The van der Waals surface area contributed by atoms with Gasteiger partial charge in [-0.25, -0.2) is 14.6 Å². The van der Waals surface area contributed by atoms with Crippen LogP contribution in [0.3, 0.4) is 0 Å². The number of hydroxylamine groups is 1. The van der Waals surface area contributed by atoms with E-state index < -0.39 is 6.09 Å². The highest BCUT2D eigenvalue weighted by Crippen LogP contribution is 2.37. The van der Waals surface area contributed by atoms with Crippen LogP contribution in [0.15, 0.2) is 39.1 Å². The van der Waals surface area contributed by atoms with Gasteiger partial charge < -0.3 is 4.84 Å². The van der Waals surface area contributed by atoms with Gasteiger partial charge in [-0.15, -0.1) is 11.8 Å². The van der Waals surface area contributed by atoms with E-state index in [4.69, 9.17) is 4.84 Å². The second-order valence-electron chi connectivity index (χ2n) is 6.19. The van der Waals surface area contributed by atoms with Crippen LogP contribution >= 0.6 is 45.3 Å². The largest absolute Gasteiger partial charge is 0.444 e. The van der Waals surface area contributed by atoms with Crippen LogP contribution in [0.5, 0.6) is 0 Å². The lowest BCUT2D eigenvalue weighted by Crippen LogP contribution is -2.26. The molecule has 0 fully saturated rings. The van der Waals surface area contributed by atoms with Crippen molar-refractivity contribution >= 4 is 51.4 Å². The van der Waals surface area contributed by atoms with Gasteiger partial charge in [-0.1, -0.05) is 44.7 Å². The van der Waals surface area contributed by atoms with Gasteiger partial charge in [0.2, 0.25) is 0 Å². The van der Waals surface area contributed by atoms with Crippen molar-refractivity contribution in [2.45, 2.75) is 38.0 Å². The van der Waals surface area contributed by atoms with E-state index in [1.807, 2.05) is 6.92 Å². The van der Waals surface area contributed by atoms with Gasteiger partial charge in [0, 0.05) is 32.9 Å². The topological polar surface area (TPSA) is 41.6 Å². The van der Waals surface area contributed by atoms with E-state index in [9.17, 15) is 4.79 Å². The minimum absolute atomic E-state index is 0.145. The van der Waals surface area contributed by atoms with Crippen molar-refractivity contribution in [1.29, 1.82) is 0 Å². The number of thioether (sulfide) groups is 2. The number of hydrogen-bond acceptors (Lipinski definition) is 7. The maximum atomic E-state index is 12.0. The Kier molecular flexibility index (Phi) is 7.15. The molecule has 0 aromatic heterocycles. The van der Waals surface area contributed by atoms with Gasteiger partial charge in [0.15, 0.2) is 0 Å². The summed E-state index contributed by atoms with van der Waals surface area (Å²) < 4.78 is 1.47. The number of hydrogen-bond donors (Lipinski definition) is 1. The maximum Gasteiger partial charge on any atom is 0.444 e. The summed E-state index contributed by atoms with van der Waals surface area (Å²) in [5.74, 6) is 0. The van der Waals surface area contributed by atoms with Gasteiger partial charge >= 0.3 is 6.09 Å². The Morgan fingerprint density at radius 1 is 1.25 bits per heavy atom. The third kappa shape index (κ3) is 5.75. The quantitative estimate of drug-likeness (QED) is 0.377. The molecule has 0 spiro atoms. The highest BCUT2D eigenvalue weighted by atomic mass is 33.1. The lowest BCUT2D eigenvalue weighted by molar-refractivity contribution is 0.0974. The van der Waals surface area contributed by atoms with Crippen molar-refractivity contribution in [3.63, 3.8) is 0 Å². The highest BCUT2D eigenvalue weighted by Gasteiger charge is 2.17. The fourth-order valence-electron chi connectivity index (χ4n) is 1.74. The molecule has 4 nitrogen and oxygen atoms in total. The minimum atomic E-state index is -0.420. The molecule has 8 heteroatoms. The third-order valence-corrected chi connectivity index (χ3v) is 8.02. The third-order valence-electron chi connectivity index (χ3n) is 3.25. The molecule has 1 amide bonds. The molecule has 0 radical (unpaired) electrons. The maximum absolute atomic E-state index is 12.0. The number of rotatable bonds is 5. The SMILES string of the molecule is CC1=C(NOC(=O)N(C)SSc2ccc(C(C)(C)C)cc2)SCS1. The lowest BCUT2D eigenvalue weighted by atomic mass is 9.87. The molecule has 24 heavy (non-hydrogen) atoms.